The zero-order chi connectivity index (χ0) is 26.5. The lowest BCUT2D eigenvalue weighted by molar-refractivity contribution is 0.358. The minimum Gasteiger partial charge on any atom is -0.353 e. The molecular weight excluding hydrogens is 470 g/mol. The molecule has 8 heteroatoms. The van der Waals surface area contributed by atoms with Crippen molar-refractivity contribution in [1.82, 2.24) is 20.2 Å². The number of hydrogen-bond acceptors (Lipinski definition) is 6. The van der Waals surface area contributed by atoms with Crippen molar-refractivity contribution < 1.29 is 8.78 Å². The summed E-state index contributed by atoms with van der Waals surface area (Å²) < 4.78 is 30.4. The van der Waals surface area contributed by atoms with Gasteiger partial charge in [-0.3, -0.25) is 4.98 Å². The van der Waals surface area contributed by atoms with Gasteiger partial charge in [-0.2, -0.15) is 0 Å². The molecule has 0 spiro atoms. The number of hydrogen-bond donors (Lipinski definition) is 2. The lowest BCUT2D eigenvalue weighted by Crippen LogP contribution is -2.47. The topological polar surface area (TPSA) is 65.4 Å². The number of allylic oxidation sites excluding steroid dienone is 1. The molecule has 1 atom stereocenters. The minimum atomic E-state index is -0.598. The lowest BCUT2D eigenvalue weighted by atomic mass is 10.0. The summed E-state index contributed by atoms with van der Waals surface area (Å²) in [6.07, 6.45) is 5.55. The molecule has 2 aromatic heterocycles. The van der Waals surface area contributed by atoms with Gasteiger partial charge < -0.3 is 15.5 Å². The van der Waals surface area contributed by atoms with Crippen LogP contribution in [-0.2, 0) is 0 Å². The Hall–Kier alpha value is -3.65. The third kappa shape index (κ3) is 5.39. The molecule has 6 nitrogen and oxygen atoms in total. The molecular formula is C29H34F2N6. The summed E-state index contributed by atoms with van der Waals surface area (Å²) in [6, 6.07) is 8.04. The van der Waals surface area contributed by atoms with E-state index in [1.807, 2.05) is 32.9 Å². The molecule has 2 aliphatic heterocycles. The van der Waals surface area contributed by atoms with Crippen molar-refractivity contribution in [2.45, 2.75) is 40.5 Å². The Labute approximate surface area is 217 Å². The molecule has 0 amide bonds. The summed E-state index contributed by atoms with van der Waals surface area (Å²) in [5.41, 5.74) is 3.90. The summed E-state index contributed by atoms with van der Waals surface area (Å²) in [5, 5.41) is 6.58. The van der Waals surface area contributed by atoms with Crippen LogP contribution in [0.25, 0.3) is 11.3 Å². The molecule has 1 saturated heterocycles. The average Bonchev–Trinajstić information content (AvgIpc) is 2.90. The van der Waals surface area contributed by atoms with Crippen molar-refractivity contribution in [3.05, 3.63) is 82.8 Å². The number of aliphatic imine (C=N–C) groups is 1. The van der Waals surface area contributed by atoms with Crippen molar-refractivity contribution in [1.29, 1.82) is 0 Å². The maximum absolute atomic E-state index is 15.6. The van der Waals surface area contributed by atoms with Gasteiger partial charge in [0.05, 0.1) is 16.9 Å². The number of halogens is 2. The first-order valence-electron chi connectivity index (χ1n) is 12.8. The highest BCUT2D eigenvalue weighted by molar-refractivity contribution is 6.05. The van der Waals surface area contributed by atoms with Crippen LogP contribution in [0.15, 0.2) is 53.8 Å². The summed E-state index contributed by atoms with van der Waals surface area (Å²) in [6.45, 7) is 12.8. The van der Waals surface area contributed by atoms with E-state index in [0.717, 1.165) is 30.0 Å². The van der Waals surface area contributed by atoms with Gasteiger partial charge in [0.25, 0.3) is 0 Å². The van der Waals surface area contributed by atoms with Crippen molar-refractivity contribution in [3.63, 3.8) is 0 Å². The number of amidine groups is 1. The first-order valence-corrected chi connectivity index (χ1v) is 12.8. The molecule has 2 aliphatic rings. The number of fused-ring (bicyclic) bond motifs is 2. The van der Waals surface area contributed by atoms with E-state index < -0.39 is 11.6 Å². The molecule has 0 radical (unpaired) electrons. The Bertz CT molecular complexity index is 1310. The van der Waals surface area contributed by atoms with E-state index >= 15 is 4.39 Å². The Kier molecular flexibility index (Phi) is 8.28. The molecule has 3 aromatic rings. The Balaban J connectivity index is 0.00000156. The summed E-state index contributed by atoms with van der Waals surface area (Å²) in [5.74, 6) is -0.0707. The molecule has 194 valence electrons. The zero-order valence-electron chi connectivity index (χ0n) is 22.1. The molecule has 0 bridgehead atoms. The van der Waals surface area contributed by atoms with E-state index in [-0.39, 0.29) is 17.2 Å². The number of aryl methyl sites for hydroxylation is 2. The van der Waals surface area contributed by atoms with Gasteiger partial charge >= 0.3 is 0 Å². The highest BCUT2D eigenvalue weighted by Crippen LogP contribution is 2.34. The third-order valence-electron chi connectivity index (χ3n) is 6.50. The Morgan fingerprint density at radius 1 is 1.00 bits per heavy atom. The van der Waals surface area contributed by atoms with Crippen LogP contribution in [-0.4, -0.2) is 46.9 Å². The van der Waals surface area contributed by atoms with E-state index in [2.05, 4.69) is 32.4 Å². The van der Waals surface area contributed by atoms with Gasteiger partial charge in [-0.1, -0.05) is 39.0 Å². The third-order valence-corrected chi connectivity index (χ3v) is 6.50. The zero-order valence-corrected chi connectivity index (χ0v) is 22.1. The van der Waals surface area contributed by atoms with Crippen LogP contribution < -0.4 is 10.6 Å². The predicted molar refractivity (Wildman–Crippen MR) is 146 cm³/mol. The van der Waals surface area contributed by atoms with E-state index in [1.165, 1.54) is 12.1 Å². The van der Waals surface area contributed by atoms with Crippen molar-refractivity contribution >= 4 is 17.3 Å². The average molecular weight is 505 g/mol. The highest BCUT2D eigenvalue weighted by atomic mass is 19.1. The molecule has 37 heavy (non-hydrogen) atoms. The van der Waals surface area contributed by atoms with Gasteiger partial charge in [-0.15, -0.1) is 0 Å². The van der Waals surface area contributed by atoms with Gasteiger partial charge in [-0.05, 0) is 49.4 Å². The van der Waals surface area contributed by atoms with Crippen LogP contribution >= 0.6 is 0 Å². The van der Waals surface area contributed by atoms with Crippen LogP contribution in [0.4, 0.5) is 20.3 Å². The number of rotatable bonds is 1. The quantitative estimate of drug-likeness (QED) is 0.420. The summed E-state index contributed by atoms with van der Waals surface area (Å²) >= 11 is 0. The van der Waals surface area contributed by atoms with Crippen LogP contribution in [0.5, 0.6) is 0 Å². The maximum atomic E-state index is 15.6. The number of pyridine rings is 2. The normalized spacial score (nSPS) is 17.9. The second-order valence-corrected chi connectivity index (χ2v) is 8.97. The highest BCUT2D eigenvalue weighted by Gasteiger charge is 2.26. The molecule has 5 rings (SSSR count). The molecule has 1 aromatic carbocycles. The number of nitrogens with one attached hydrogen (secondary N) is 2. The van der Waals surface area contributed by atoms with Crippen LogP contribution in [0.1, 0.15) is 49.1 Å². The number of piperazine rings is 1. The Morgan fingerprint density at radius 2 is 1.76 bits per heavy atom. The number of benzene rings is 1. The van der Waals surface area contributed by atoms with Gasteiger partial charge in [0, 0.05) is 43.9 Å². The van der Waals surface area contributed by atoms with Crippen LogP contribution in [0.3, 0.4) is 0 Å². The first kappa shape index (κ1) is 26.4. The number of nitrogens with zero attached hydrogens (tertiary/aromatic N) is 4. The van der Waals surface area contributed by atoms with Crippen molar-refractivity contribution in [2.24, 2.45) is 4.99 Å². The van der Waals surface area contributed by atoms with E-state index in [1.54, 1.807) is 31.5 Å². The summed E-state index contributed by atoms with van der Waals surface area (Å²) in [4.78, 5) is 16.5. The standard InChI is InChI=1S/C27H28F2N6.C2H6/c1-16-5-4-6-20(28)22(16)25-21(29)15-19-26(33-25)32-10-8-17(2)23-24(18(3)7-9-31-23)34-27(19)35-13-11-30-12-14-35;1-2/h4-10,15,17,30H,11-14H2,1-3H3,(H,32,33);1-2H3/b10-8-,34-27?;. The maximum Gasteiger partial charge on any atom is 0.150 e. The van der Waals surface area contributed by atoms with Gasteiger partial charge in [0.2, 0.25) is 0 Å². The summed E-state index contributed by atoms with van der Waals surface area (Å²) in [7, 11) is 0. The van der Waals surface area contributed by atoms with Gasteiger partial charge in [0.15, 0.2) is 0 Å². The van der Waals surface area contributed by atoms with Crippen molar-refractivity contribution in [3.8, 4) is 11.3 Å². The molecule has 1 fully saturated rings. The van der Waals surface area contributed by atoms with E-state index in [0.29, 0.717) is 35.9 Å². The number of aromatic nitrogens is 2. The molecule has 4 heterocycles. The fourth-order valence-corrected chi connectivity index (χ4v) is 4.57. The smallest absolute Gasteiger partial charge is 0.150 e. The second-order valence-electron chi connectivity index (χ2n) is 8.97. The SMILES string of the molecule is CC.Cc1ccnc2c1N=C(N1CCNCC1)c1cc(F)c(-c3c(C)cccc3F)nc1N/C=C\C2C. The lowest BCUT2D eigenvalue weighted by Gasteiger charge is -2.32. The van der Waals surface area contributed by atoms with E-state index in [9.17, 15) is 4.39 Å². The predicted octanol–water partition coefficient (Wildman–Crippen LogP) is 6.09. The largest absolute Gasteiger partial charge is 0.353 e. The fraction of sp³-hybridized carbons (Fsp3) is 0.345. The minimum absolute atomic E-state index is 0.0132. The van der Waals surface area contributed by atoms with Gasteiger partial charge in [0.1, 0.15) is 29.0 Å². The second kappa shape index (κ2) is 11.6. The molecule has 2 N–H and O–H groups in total. The first-order chi connectivity index (χ1) is 17.9. The van der Waals surface area contributed by atoms with Crippen LogP contribution in [0.2, 0.25) is 0 Å². The van der Waals surface area contributed by atoms with Gasteiger partial charge in [-0.25, -0.2) is 18.8 Å². The fourth-order valence-electron chi connectivity index (χ4n) is 4.57. The monoisotopic (exact) mass is 504 g/mol. The number of anilines is 1. The Morgan fingerprint density at radius 3 is 2.49 bits per heavy atom. The molecule has 0 aliphatic carbocycles. The molecule has 1 unspecified atom stereocenters. The van der Waals surface area contributed by atoms with Crippen LogP contribution in [0, 0.1) is 25.5 Å². The van der Waals surface area contributed by atoms with E-state index in [4.69, 9.17) is 4.99 Å². The molecule has 0 saturated carbocycles. The van der Waals surface area contributed by atoms with Crippen molar-refractivity contribution in [2.75, 3.05) is 31.5 Å².